The Hall–Kier alpha value is -1.02. The maximum Gasteiger partial charge on any atom is 0.119 e. The smallest absolute Gasteiger partial charge is 0.119 e. The third kappa shape index (κ3) is 6.06. The summed E-state index contributed by atoms with van der Waals surface area (Å²) < 4.78 is 5.64. The minimum absolute atomic E-state index is 0.240. The Balaban J connectivity index is 2.42. The maximum absolute atomic E-state index is 5.64. The Morgan fingerprint density at radius 1 is 1.06 bits per heavy atom. The fourth-order valence-corrected chi connectivity index (χ4v) is 1.81. The van der Waals surface area contributed by atoms with Gasteiger partial charge in [-0.25, -0.2) is 0 Å². The molecule has 0 spiro atoms. The molecule has 0 aliphatic rings. The fraction of sp³-hybridized carbons (Fsp3) is 0.625. The molecular formula is C16H27NO. The maximum atomic E-state index is 5.64. The first kappa shape index (κ1) is 15.0. The minimum Gasteiger partial charge on any atom is -0.491 e. The SMILES string of the molecule is CC(C)CCN(C)Cc1ccc(OC(C)C)cc1. The Kier molecular flexibility index (Phi) is 6.20. The van der Waals surface area contributed by atoms with Crippen LogP contribution in [0, 0.1) is 5.92 Å². The van der Waals surface area contributed by atoms with Crippen molar-refractivity contribution >= 4 is 0 Å². The van der Waals surface area contributed by atoms with Crippen LogP contribution in [0.1, 0.15) is 39.7 Å². The number of rotatable bonds is 7. The Morgan fingerprint density at radius 3 is 2.17 bits per heavy atom. The third-order valence-corrected chi connectivity index (χ3v) is 2.84. The molecule has 0 radical (unpaired) electrons. The molecule has 0 aliphatic heterocycles. The van der Waals surface area contributed by atoms with Crippen LogP contribution in [0.4, 0.5) is 0 Å². The predicted octanol–water partition coefficient (Wildman–Crippen LogP) is 3.95. The molecule has 0 aliphatic carbocycles. The van der Waals surface area contributed by atoms with Gasteiger partial charge in [-0.2, -0.15) is 0 Å². The van der Waals surface area contributed by atoms with E-state index in [2.05, 4.69) is 50.1 Å². The molecule has 0 N–H and O–H groups in total. The normalized spacial score (nSPS) is 11.6. The van der Waals surface area contributed by atoms with Gasteiger partial charge in [-0.05, 0) is 57.5 Å². The first-order valence-electron chi connectivity index (χ1n) is 6.91. The first-order chi connectivity index (χ1) is 8.47. The van der Waals surface area contributed by atoms with E-state index in [1.807, 2.05) is 13.8 Å². The van der Waals surface area contributed by atoms with Gasteiger partial charge in [0.05, 0.1) is 6.10 Å². The van der Waals surface area contributed by atoms with E-state index in [-0.39, 0.29) is 6.10 Å². The van der Waals surface area contributed by atoms with E-state index in [4.69, 9.17) is 4.74 Å². The molecule has 0 amide bonds. The Morgan fingerprint density at radius 2 is 1.67 bits per heavy atom. The molecule has 0 saturated carbocycles. The summed E-state index contributed by atoms with van der Waals surface area (Å²) >= 11 is 0. The second-order valence-corrected chi connectivity index (χ2v) is 5.73. The van der Waals surface area contributed by atoms with Crippen LogP contribution < -0.4 is 4.74 Å². The van der Waals surface area contributed by atoms with Gasteiger partial charge in [0.15, 0.2) is 0 Å². The van der Waals surface area contributed by atoms with Gasteiger partial charge < -0.3 is 9.64 Å². The number of hydrogen-bond donors (Lipinski definition) is 0. The van der Waals surface area contributed by atoms with E-state index < -0.39 is 0 Å². The van der Waals surface area contributed by atoms with Crippen LogP contribution in [0.3, 0.4) is 0 Å². The van der Waals surface area contributed by atoms with E-state index in [0.717, 1.165) is 24.8 Å². The molecule has 0 atom stereocenters. The van der Waals surface area contributed by atoms with Crippen molar-refractivity contribution < 1.29 is 4.74 Å². The van der Waals surface area contributed by atoms with Gasteiger partial charge in [0.25, 0.3) is 0 Å². The molecule has 18 heavy (non-hydrogen) atoms. The van der Waals surface area contributed by atoms with Gasteiger partial charge in [-0.3, -0.25) is 0 Å². The molecule has 0 aromatic heterocycles. The van der Waals surface area contributed by atoms with Crippen molar-refractivity contribution in [1.29, 1.82) is 0 Å². The fourth-order valence-electron chi connectivity index (χ4n) is 1.81. The standard InChI is InChI=1S/C16H27NO/c1-13(2)10-11-17(5)12-15-6-8-16(9-7-15)18-14(3)4/h6-9,13-14H,10-12H2,1-5H3. The molecule has 0 heterocycles. The number of hydrogen-bond acceptors (Lipinski definition) is 2. The van der Waals surface area contributed by atoms with Crippen LogP contribution in [0.5, 0.6) is 5.75 Å². The lowest BCUT2D eigenvalue weighted by molar-refractivity contribution is 0.242. The topological polar surface area (TPSA) is 12.5 Å². The van der Waals surface area contributed by atoms with Gasteiger partial charge in [-0.15, -0.1) is 0 Å². The molecule has 2 heteroatoms. The highest BCUT2D eigenvalue weighted by Gasteiger charge is 2.03. The summed E-state index contributed by atoms with van der Waals surface area (Å²) in [6.07, 6.45) is 1.50. The molecule has 1 rings (SSSR count). The van der Waals surface area contributed by atoms with Crippen molar-refractivity contribution in [3.63, 3.8) is 0 Å². The molecule has 1 aromatic carbocycles. The monoisotopic (exact) mass is 249 g/mol. The molecule has 102 valence electrons. The van der Waals surface area contributed by atoms with E-state index in [1.54, 1.807) is 0 Å². The number of nitrogens with zero attached hydrogens (tertiary/aromatic N) is 1. The van der Waals surface area contributed by atoms with Crippen molar-refractivity contribution in [3.8, 4) is 5.75 Å². The first-order valence-corrected chi connectivity index (χ1v) is 6.91. The molecule has 0 bridgehead atoms. The van der Waals surface area contributed by atoms with E-state index >= 15 is 0 Å². The summed E-state index contributed by atoms with van der Waals surface area (Å²) in [5.41, 5.74) is 1.34. The van der Waals surface area contributed by atoms with Gasteiger partial charge in [0, 0.05) is 6.54 Å². The zero-order chi connectivity index (χ0) is 13.5. The second-order valence-electron chi connectivity index (χ2n) is 5.73. The third-order valence-electron chi connectivity index (χ3n) is 2.84. The predicted molar refractivity (Wildman–Crippen MR) is 78.0 cm³/mol. The molecule has 0 saturated heterocycles. The highest BCUT2D eigenvalue weighted by atomic mass is 16.5. The highest BCUT2D eigenvalue weighted by Crippen LogP contribution is 2.15. The van der Waals surface area contributed by atoms with Crippen molar-refractivity contribution in [2.75, 3.05) is 13.6 Å². The van der Waals surface area contributed by atoms with Crippen LogP contribution in [-0.2, 0) is 6.54 Å². The van der Waals surface area contributed by atoms with E-state index in [1.165, 1.54) is 12.0 Å². The van der Waals surface area contributed by atoms with Crippen LogP contribution in [0.2, 0.25) is 0 Å². The van der Waals surface area contributed by atoms with E-state index in [9.17, 15) is 0 Å². The summed E-state index contributed by atoms with van der Waals surface area (Å²) in [7, 11) is 2.18. The Labute approximate surface area is 112 Å². The summed E-state index contributed by atoms with van der Waals surface area (Å²) in [6, 6.07) is 8.43. The average molecular weight is 249 g/mol. The van der Waals surface area contributed by atoms with Gasteiger partial charge >= 0.3 is 0 Å². The Bertz CT molecular complexity index is 329. The lowest BCUT2D eigenvalue weighted by Gasteiger charge is -2.18. The van der Waals surface area contributed by atoms with E-state index in [0.29, 0.717) is 0 Å². The van der Waals surface area contributed by atoms with Crippen LogP contribution in [-0.4, -0.2) is 24.6 Å². The van der Waals surface area contributed by atoms with Gasteiger partial charge in [0.2, 0.25) is 0 Å². The van der Waals surface area contributed by atoms with Crippen LogP contribution in [0.15, 0.2) is 24.3 Å². The van der Waals surface area contributed by atoms with Crippen molar-refractivity contribution in [1.82, 2.24) is 4.90 Å². The summed E-state index contributed by atoms with van der Waals surface area (Å²) in [6.45, 7) is 10.8. The van der Waals surface area contributed by atoms with Crippen molar-refractivity contribution in [2.24, 2.45) is 5.92 Å². The molecular weight excluding hydrogens is 222 g/mol. The quantitative estimate of drug-likeness (QED) is 0.725. The second kappa shape index (κ2) is 7.42. The molecule has 1 aromatic rings. The average Bonchev–Trinajstić information content (AvgIpc) is 2.28. The van der Waals surface area contributed by atoms with Crippen molar-refractivity contribution in [3.05, 3.63) is 29.8 Å². The van der Waals surface area contributed by atoms with Crippen LogP contribution >= 0.6 is 0 Å². The molecule has 0 unspecified atom stereocenters. The summed E-state index contributed by atoms with van der Waals surface area (Å²) in [5, 5.41) is 0. The largest absolute Gasteiger partial charge is 0.491 e. The highest BCUT2D eigenvalue weighted by molar-refractivity contribution is 5.27. The number of benzene rings is 1. The molecule has 2 nitrogen and oxygen atoms in total. The zero-order valence-corrected chi connectivity index (χ0v) is 12.4. The zero-order valence-electron chi connectivity index (χ0n) is 12.4. The summed E-state index contributed by atoms with van der Waals surface area (Å²) in [5.74, 6) is 1.73. The number of ether oxygens (including phenoxy) is 1. The lowest BCUT2D eigenvalue weighted by Crippen LogP contribution is -2.20. The van der Waals surface area contributed by atoms with Crippen molar-refractivity contribution in [2.45, 2.75) is 46.8 Å². The minimum atomic E-state index is 0.240. The molecule has 0 fully saturated rings. The van der Waals surface area contributed by atoms with Gasteiger partial charge in [-0.1, -0.05) is 26.0 Å². The summed E-state index contributed by atoms with van der Waals surface area (Å²) in [4.78, 5) is 2.37. The lowest BCUT2D eigenvalue weighted by atomic mass is 10.1. The van der Waals surface area contributed by atoms with Crippen LogP contribution in [0.25, 0.3) is 0 Å². The van der Waals surface area contributed by atoms with Gasteiger partial charge in [0.1, 0.15) is 5.75 Å².